The van der Waals surface area contributed by atoms with Crippen molar-refractivity contribution in [1.29, 1.82) is 0 Å². The summed E-state index contributed by atoms with van der Waals surface area (Å²) in [5, 5.41) is 0. The zero-order valence-electron chi connectivity index (χ0n) is 16.9. The molecule has 2 saturated carbocycles. The summed E-state index contributed by atoms with van der Waals surface area (Å²) in [4.78, 5) is 0. The first kappa shape index (κ1) is 21.3. The van der Waals surface area contributed by atoms with Gasteiger partial charge >= 0.3 is 6.61 Å². The van der Waals surface area contributed by atoms with Crippen LogP contribution in [-0.2, 0) is 0 Å². The molecule has 2 aliphatic rings. The van der Waals surface area contributed by atoms with Gasteiger partial charge in [0, 0.05) is 0 Å². The first-order valence-electron chi connectivity index (χ1n) is 10.9. The van der Waals surface area contributed by atoms with Crippen LogP contribution in [0.1, 0.15) is 82.6 Å². The Balaban J connectivity index is 1.39. The zero-order valence-corrected chi connectivity index (χ0v) is 16.9. The van der Waals surface area contributed by atoms with Gasteiger partial charge in [-0.1, -0.05) is 38.0 Å². The summed E-state index contributed by atoms with van der Waals surface area (Å²) in [6.07, 6.45) is 17.1. The minimum Gasteiger partial charge on any atom is -0.432 e. The Kier molecular flexibility index (Phi) is 7.87. The lowest BCUT2D eigenvalue weighted by Crippen LogP contribution is -2.14. The number of hydrogen-bond donors (Lipinski definition) is 0. The van der Waals surface area contributed by atoms with Crippen molar-refractivity contribution in [3.05, 3.63) is 41.7 Å². The van der Waals surface area contributed by atoms with Crippen LogP contribution in [0.4, 0.5) is 13.2 Å². The normalized spacial score (nSPS) is 28.8. The van der Waals surface area contributed by atoms with Gasteiger partial charge in [-0.3, -0.25) is 0 Å². The van der Waals surface area contributed by atoms with Crippen molar-refractivity contribution in [3.8, 4) is 5.75 Å². The molecule has 3 rings (SSSR count). The average Bonchev–Trinajstić information content (AvgIpc) is 2.68. The number of halogens is 3. The molecule has 0 saturated heterocycles. The molecule has 2 fully saturated rings. The summed E-state index contributed by atoms with van der Waals surface area (Å²) < 4.78 is 42.7. The highest BCUT2D eigenvalue weighted by Crippen LogP contribution is 2.38. The second-order valence-corrected chi connectivity index (χ2v) is 8.81. The van der Waals surface area contributed by atoms with E-state index < -0.39 is 12.4 Å². The van der Waals surface area contributed by atoms with Crippen LogP contribution < -0.4 is 4.74 Å². The molecule has 0 bridgehead atoms. The van der Waals surface area contributed by atoms with E-state index >= 15 is 0 Å². The minimum atomic E-state index is -2.99. The molecule has 0 atom stereocenters. The summed E-state index contributed by atoms with van der Waals surface area (Å²) in [5.74, 6) is 1.71. The fourth-order valence-corrected chi connectivity index (χ4v) is 4.85. The van der Waals surface area contributed by atoms with Crippen LogP contribution >= 0.6 is 0 Å². The SMILES string of the molecule is CC1CCC(/C=C/CCC2CCC(c3ccc(OC(F)F)c(F)c3)CC2)CC1. The van der Waals surface area contributed by atoms with Crippen molar-refractivity contribution < 1.29 is 17.9 Å². The number of hydrogen-bond acceptors (Lipinski definition) is 1. The Morgan fingerprint density at radius 1 is 1.04 bits per heavy atom. The Morgan fingerprint density at radius 2 is 1.75 bits per heavy atom. The van der Waals surface area contributed by atoms with Crippen LogP contribution in [0.3, 0.4) is 0 Å². The highest BCUT2D eigenvalue weighted by molar-refractivity contribution is 5.31. The van der Waals surface area contributed by atoms with Crippen molar-refractivity contribution in [2.24, 2.45) is 17.8 Å². The van der Waals surface area contributed by atoms with Crippen LogP contribution in [0.5, 0.6) is 5.75 Å². The predicted molar refractivity (Wildman–Crippen MR) is 107 cm³/mol. The van der Waals surface area contributed by atoms with Crippen LogP contribution in [0.15, 0.2) is 30.4 Å². The van der Waals surface area contributed by atoms with Gasteiger partial charge in [-0.15, -0.1) is 0 Å². The van der Waals surface area contributed by atoms with Crippen LogP contribution in [-0.4, -0.2) is 6.61 Å². The van der Waals surface area contributed by atoms with Gasteiger partial charge in [-0.05, 0) is 92.7 Å². The topological polar surface area (TPSA) is 9.23 Å². The van der Waals surface area contributed by atoms with Gasteiger partial charge in [-0.2, -0.15) is 8.78 Å². The molecule has 2 aliphatic carbocycles. The largest absolute Gasteiger partial charge is 0.432 e. The first-order chi connectivity index (χ1) is 13.5. The third-order valence-electron chi connectivity index (χ3n) is 6.70. The van der Waals surface area contributed by atoms with Crippen molar-refractivity contribution in [3.63, 3.8) is 0 Å². The van der Waals surface area contributed by atoms with E-state index in [1.165, 1.54) is 44.2 Å². The minimum absolute atomic E-state index is 0.325. The zero-order chi connectivity index (χ0) is 19.9. The maximum absolute atomic E-state index is 14.0. The highest BCUT2D eigenvalue weighted by Gasteiger charge is 2.23. The van der Waals surface area contributed by atoms with E-state index in [9.17, 15) is 13.2 Å². The van der Waals surface area contributed by atoms with Crippen molar-refractivity contribution in [2.45, 2.75) is 83.7 Å². The summed E-state index contributed by atoms with van der Waals surface area (Å²) in [7, 11) is 0. The van der Waals surface area contributed by atoms with Gasteiger partial charge in [0.15, 0.2) is 11.6 Å². The molecule has 0 amide bonds. The van der Waals surface area contributed by atoms with Crippen molar-refractivity contribution in [2.75, 3.05) is 0 Å². The third kappa shape index (κ3) is 6.28. The van der Waals surface area contributed by atoms with Gasteiger partial charge in [0.25, 0.3) is 0 Å². The number of ether oxygens (including phenoxy) is 1. The monoisotopic (exact) mass is 394 g/mol. The Morgan fingerprint density at radius 3 is 2.39 bits per heavy atom. The molecule has 4 heteroatoms. The lowest BCUT2D eigenvalue weighted by molar-refractivity contribution is -0.0522. The molecule has 0 aromatic heterocycles. The quantitative estimate of drug-likeness (QED) is 0.428. The molecule has 0 aliphatic heterocycles. The average molecular weight is 395 g/mol. The second-order valence-electron chi connectivity index (χ2n) is 8.81. The Hall–Kier alpha value is -1.45. The lowest BCUT2D eigenvalue weighted by Gasteiger charge is -2.29. The number of allylic oxidation sites excluding steroid dienone is 2. The second kappa shape index (κ2) is 10.4. The maximum Gasteiger partial charge on any atom is 0.387 e. The van der Waals surface area contributed by atoms with E-state index in [2.05, 4.69) is 23.8 Å². The molecule has 1 nitrogen and oxygen atoms in total. The summed E-state index contributed by atoms with van der Waals surface area (Å²) >= 11 is 0. The standard InChI is InChI=1S/C24H33F3O/c1-17-6-8-18(9-7-17)4-2-3-5-19-10-12-20(13-11-19)21-14-15-23(22(25)16-21)28-24(26)27/h2,4,14-20,24H,3,5-13H2,1H3/b4-2+. The molecule has 0 radical (unpaired) electrons. The molecule has 28 heavy (non-hydrogen) atoms. The van der Waals surface area contributed by atoms with E-state index in [0.717, 1.165) is 55.4 Å². The van der Waals surface area contributed by atoms with Gasteiger partial charge < -0.3 is 4.74 Å². The first-order valence-corrected chi connectivity index (χ1v) is 10.9. The molecular weight excluding hydrogens is 361 g/mol. The van der Waals surface area contributed by atoms with E-state index in [1.54, 1.807) is 6.07 Å². The van der Waals surface area contributed by atoms with Gasteiger partial charge in [-0.25, -0.2) is 4.39 Å². The van der Waals surface area contributed by atoms with Crippen LogP contribution in [0.25, 0.3) is 0 Å². The number of alkyl halides is 2. The summed E-state index contributed by atoms with van der Waals surface area (Å²) in [6.45, 7) is -0.637. The number of benzene rings is 1. The van der Waals surface area contributed by atoms with Crippen LogP contribution in [0.2, 0.25) is 0 Å². The molecule has 156 valence electrons. The molecule has 0 heterocycles. The maximum atomic E-state index is 14.0. The predicted octanol–water partition coefficient (Wildman–Crippen LogP) is 7.86. The molecule has 0 unspecified atom stereocenters. The fourth-order valence-electron chi connectivity index (χ4n) is 4.85. The Labute approximate surface area is 167 Å². The smallest absolute Gasteiger partial charge is 0.387 e. The van der Waals surface area contributed by atoms with Gasteiger partial charge in [0.05, 0.1) is 0 Å². The van der Waals surface area contributed by atoms with E-state index in [1.807, 2.05) is 0 Å². The highest BCUT2D eigenvalue weighted by atomic mass is 19.3. The van der Waals surface area contributed by atoms with Gasteiger partial charge in [0.2, 0.25) is 0 Å². The molecular formula is C24H33F3O. The van der Waals surface area contributed by atoms with E-state index in [4.69, 9.17) is 0 Å². The van der Waals surface area contributed by atoms with Crippen molar-refractivity contribution >= 4 is 0 Å². The number of rotatable bonds is 7. The van der Waals surface area contributed by atoms with Gasteiger partial charge in [0.1, 0.15) is 0 Å². The third-order valence-corrected chi connectivity index (χ3v) is 6.70. The van der Waals surface area contributed by atoms with E-state index in [0.29, 0.717) is 5.92 Å². The van der Waals surface area contributed by atoms with E-state index in [-0.39, 0.29) is 5.75 Å². The summed E-state index contributed by atoms with van der Waals surface area (Å²) in [6, 6.07) is 4.44. The van der Waals surface area contributed by atoms with Crippen molar-refractivity contribution in [1.82, 2.24) is 0 Å². The summed E-state index contributed by atoms with van der Waals surface area (Å²) in [5.41, 5.74) is 0.906. The molecule has 0 N–H and O–H groups in total. The molecule has 0 spiro atoms. The van der Waals surface area contributed by atoms with Crippen LogP contribution in [0, 0.1) is 23.6 Å². The fraction of sp³-hybridized carbons (Fsp3) is 0.667. The molecule has 1 aromatic carbocycles. The lowest BCUT2D eigenvalue weighted by atomic mass is 9.77. The Bertz CT molecular complexity index is 627. The molecule has 1 aromatic rings.